The molecule has 1 rings (SSSR count). The SMILES string of the molecule is CCCc1cccc(C(C)[O])c1. The maximum Gasteiger partial charge on any atom is 0.115 e. The minimum Gasteiger partial charge on any atom is -0.228 e. The summed E-state index contributed by atoms with van der Waals surface area (Å²) >= 11 is 0. The van der Waals surface area contributed by atoms with Gasteiger partial charge in [-0.3, -0.25) is 0 Å². The van der Waals surface area contributed by atoms with E-state index in [9.17, 15) is 5.11 Å². The lowest BCUT2D eigenvalue weighted by Crippen LogP contribution is -1.91. The lowest BCUT2D eigenvalue weighted by atomic mass is 10.0. The Kier molecular flexibility index (Phi) is 3.30. The second-order valence-corrected chi connectivity index (χ2v) is 3.14. The minimum atomic E-state index is -0.596. The van der Waals surface area contributed by atoms with E-state index in [4.69, 9.17) is 0 Å². The zero-order valence-corrected chi connectivity index (χ0v) is 7.71. The van der Waals surface area contributed by atoms with E-state index in [1.807, 2.05) is 18.2 Å². The normalized spacial score (nSPS) is 12.9. The number of hydrogen-bond acceptors (Lipinski definition) is 0. The van der Waals surface area contributed by atoms with Crippen LogP contribution in [0.4, 0.5) is 0 Å². The molecule has 12 heavy (non-hydrogen) atoms. The highest BCUT2D eigenvalue weighted by atomic mass is 16.3. The van der Waals surface area contributed by atoms with Gasteiger partial charge in [-0.25, -0.2) is 5.11 Å². The third-order valence-electron chi connectivity index (χ3n) is 1.96. The average molecular weight is 163 g/mol. The second kappa shape index (κ2) is 4.27. The molecule has 1 nitrogen and oxygen atoms in total. The van der Waals surface area contributed by atoms with Gasteiger partial charge in [-0.05, 0) is 24.5 Å². The third-order valence-corrected chi connectivity index (χ3v) is 1.96. The standard InChI is InChI=1S/C11H15O/c1-3-5-10-6-4-7-11(8-10)9(2)12/h4,6-9H,3,5H2,1-2H3. The summed E-state index contributed by atoms with van der Waals surface area (Å²) in [6, 6.07) is 7.96. The summed E-state index contributed by atoms with van der Waals surface area (Å²) in [6.07, 6.45) is 1.61. The van der Waals surface area contributed by atoms with Crippen LogP contribution in [0, 0.1) is 0 Å². The molecule has 0 aliphatic rings. The molecule has 0 saturated heterocycles. The van der Waals surface area contributed by atoms with Crippen LogP contribution in [0.3, 0.4) is 0 Å². The fourth-order valence-electron chi connectivity index (χ4n) is 1.29. The first-order chi connectivity index (χ1) is 5.74. The fraction of sp³-hybridized carbons (Fsp3) is 0.455. The first-order valence-electron chi connectivity index (χ1n) is 4.48. The van der Waals surface area contributed by atoms with Crippen LogP contribution in [-0.2, 0) is 11.5 Å². The molecule has 0 heterocycles. The second-order valence-electron chi connectivity index (χ2n) is 3.14. The third kappa shape index (κ3) is 2.35. The van der Waals surface area contributed by atoms with E-state index in [1.54, 1.807) is 6.92 Å². The molecule has 0 spiro atoms. The quantitative estimate of drug-likeness (QED) is 0.652. The summed E-state index contributed by atoms with van der Waals surface area (Å²) < 4.78 is 0. The van der Waals surface area contributed by atoms with Gasteiger partial charge in [0.1, 0.15) is 6.10 Å². The summed E-state index contributed by atoms with van der Waals surface area (Å²) in [6.45, 7) is 3.83. The van der Waals surface area contributed by atoms with Crippen molar-refractivity contribution in [3.8, 4) is 0 Å². The first-order valence-corrected chi connectivity index (χ1v) is 4.48. The Morgan fingerprint density at radius 3 is 2.75 bits per heavy atom. The Hall–Kier alpha value is -0.820. The smallest absolute Gasteiger partial charge is 0.115 e. The van der Waals surface area contributed by atoms with Crippen molar-refractivity contribution in [1.29, 1.82) is 0 Å². The van der Waals surface area contributed by atoms with Crippen molar-refractivity contribution in [3.05, 3.63) is 35.4 Å². The Labute approximate surface area is 74.1 Å². The summed E-state index contributed by atoms with van der Waals surface area (Å²) in [5.74, 6) is 0. The Balaban J connectivity index is 2.81. The topological polar surface area (TPSA) is 19.9 Å². The van der Waals surface area contributed by atoms with Crippen molar-refractivity contribution in [2.75, 3.05) is 0 Å². The van der Waals surface area contributed by atoms with Gasteiger partial charge in [-0.2, -0.15) is 0 Å². The van der Waals surface area contributed by atoms with E-state index in [-0.39, 0.29) is 0 Å². The molecular weight excluding hydrogens is 148 g/mol. The van der Waals surface area contributed by atoms with Crippen molar-refractivity contribution in [2.24, 2.45) is 0 Å². The molecule has 0 aliphatic carbocycles. The van der Waals surface area contributed by atoms with E-state index in [1.165, 1.54) is 5.56 Å². The summed E-state index contributed by atoms with van der Waals surface area (Å²) in [5, 5.41) is 11.1. The molecule has 0 N–H and O–H groups in total. The van der Waals surface area contributed by atoms with Crippen LogP contribution in [0.25, 0.3) is 0 Å². The minimum absolute atomic E-state index is 0.596. The van der Waals surface area contributed by atoms with Crippen LogP contribution >= 0.6 is 0 Å². The van der Waals surface area contributed by atoms with Crippen molar-refractivity contribution >= 4 is 0 Å². The van der Waals surface area contributed by atoms with Crippen LogP contribution in [0.2, 0.25) is 0 Å². The van der Waals surface area contributed by atoms with Crippen LogP contribution < -0.4 is 0 Å². The molecule has 1 radical (unpaired) electrons. The molecule has 1 aromatic carbocycles. The Morgan fingerprint density at radius 2 is 2.17 bits per heavy atom. The van der Waals surface area contributed by atoms with Gasteiger partial charge in [0.15, 0.2) is 0 Å². The Bertz CT molecular complexity index is 241. The number of aryl methyl sites for hydroxylation is 1. The molecular formula is C11H15O. The van der Waals surface area contributed by atoms with Gasteiger partial charge >= 0.3 is 0 Å². The number of benzene rings is 1. The van der Waals surface area contributed by atoms with Crippen LogP contribution in [0.1, 0.15) is 37.5 Å². The lowest BCUT2D eigenvalue weighted by Gasteiger charge is -2.04. The molecule has 0 aromatic heterocycles. The highest BCUT2D eigenvalue weighted by Gasteiger charge is 2.01. The zero-order chi connectivity index (χ0) is 8.97. The fourth-order valence-corrected chi connectivity index (χ4v) is 1.29. The van der Waals surface area contributed by atoms with Gasteiger partial charge in [-0.1, -0.05) is 37.6 Å². The van der Waals surface area contributed by atoms with Crippen molar-refractivity contribution < 1.29 is 5.11 Å². The molecule has 1 aromatic rings. The maximum atomic E-state index is 11.1. The largest absolute Gasteiger partial charge is 0.228 e. The van der Waals surface area contributed by atoms with Gasteiger partial charge in [0.05, 0.1) is 0 Å². The summed E-state index contributed by atoms with van der Waals surface area (Å²) in [4.78, 5) is 0. The van der Waals surface area contributed by atoms with Crippen LogP contribution in [0.15, 0.2) is 24.3 Å². The van der Waals surface area contributed by atoms with E-state index >= 15 is 0 Å². The van der Waals surface area contributed by atoms with E-state index < -0.39 is 6.10 Å². The highest BCUT2D eigenvalue weighted by molar-refractivity contribution is 5.24. The molecule has 0 aliphatic heterocycles. The van der Waals surface area contributed by atoms with E-state index in [0.717, 1.165) is 18.4 Å². The van der Waals surface area contributed by atoms with Gasteiger partial charge < -0.3 is 0 Å². The number of hydrogen-bond donors (Lipinski definition) is 0. The average Bonchev–Trinajstić information content (AvgIpc) is 2.05. The monoisotopic (exact) mass is 163 g/mol. The molecule has 1 unspecified atom stereocenters. The molecule has 1 atom stereocenters. The molecule has 0 saturated carbocycles. The predicted octanol–water partition coefficient (Wildman–Crippen LogP) is 3.13. The van der Waals surface area contributed by atoms with E-state index in [0.29, 0.717) is 0 Å². The van der Waals surface area contributed by atoms with E-state index in [2.05, 4.69) is 13.0 Å². The molecule has 0 bridgehead atoms. The van der Waals surface area contributed by atoms with Crippen molar-refractivity contribution in [1.82, 2.24) is 0 Å². The Morgan fingerprint density at radius 1 is 1.42 bits per heavy atom. The maximum absolute atomic E-state index is 11.1. The highest BCUT2D eigenvalue weighted by Crippen LogP contribution is 2.14. The van der Waals surface area contributed by atoms with Crippen LogP contribution in [0.5, 0.6) is 0 Å². The van der Waals surface area contributed by atoms with Gasteiger partial charge in [0.2, 0.25) is 0 Å². The van der Waals surface area contributed by atoms with Gasteiger partial charge in [0.25, 0.3) is 0 Å². The molecule has 1 heteroatoms. The summed E-state index contributed by atoms with van der Waals surface area (Å²) in [7, 11) is 0. The predicted molar refractivity (Wildman–Crippen MR) is 49.5 cm³/mol. The van der Waals surface area contributed by atoms with Crippen molar-refractivity contribution in [3.63, 3.8) is 0 Å². The van der Waals surface area contributed by atoms with Gasteiger partial charge in [-0.15, -0.1) is 0 Å². The summed E-state index contributed by atoms with van der Waals surface area (Å²) in [5.41, 5.74) is 2.18. The first kappa shape index (κ1) is 9.27. The van der Waals surface area contributed by atoms with Gasteiger partial charge in [0, 0.05) is 0 Å². The molecule has 0 fully saturated rings. The van der Waals surface area contributed by atoms with Crippen LogP contribution in [-0.4, -0.2) is 0 Å². The number of rotatable bonds is 3. The zero-order valence-electron chi connectivity index (χ0n) is 7.71. The molecule has 0 amide bonds. The lowest BCUT2D eigenvalue weighted by molar-refractivity contribution is 0.106. The molecule has 65 valence electrons. The van der Waals surface area contributed by atoms with Crippen molar-refractivity contribution in [2.45, 2.75) is 32.8 Å².